The van der Waals surface area contributed by atoms with E-state index < -0.39 is 0 Å². The van der Waals surface area contributed by atoms with Crippen LogP contribution in [0.3, 0.4) is 0 Å². The molecular formula is C19H23N3O3. The molecule has 0 atom stereocenters. The third-order valence-electron chi connectivity index (χ3n) is 4.94. The Kier molecular flexibility index (Phi) is 4.61. The molecule has 2 heterocycles. The molecule has 1 aliphatic rings. The number of esters is 1. The molecule has 0 fully saturated rings. The maximum Gasteiger partial charge on any atom is 0.337 e. The zero-order valence-electron chi connectivity index (χ0n) is 15.1. The predicted octanol–water partition coefficient (Wildman–Crippen LogP) is 2.35. The molecule has 1 aromatic heterocycles. The molecule has 0 bridgehead atoms. The van der Waals surface area contributed by atoms with Gasteiger partial charge in [0.15, 0.2) is 0 Å². The number of aromatic nitrogens is 2. The van der Waals surface area contributed by atoms with E-state index in [4.69, 9.17) is 4.74 Å². The quantitative estimate of drug-likeness (QED) is 0.801. The third kappa shape index (κ3) is 3.16. The molecule has 0 saturated carbocycles. The van der Waals surface area contributed by atoms with Crippen molar-refractivity contribution in [2.24, 2.45) is 7.05 Å². The Morgan fingerprint density at radius 1 is 1.28 bits per heavy atom. The van der Waals surface area contributed by atoms with Crippen LogP contribution in [0.2, 0.25) is 0 Å². The average molecular weight is 341 g/mol. The second-order valence-corrected chi connectivity index (χ2v) is 6.40. The molecule has 0 spiro atoms. The molecule has 1 aromatic carbocycles. The highest BCUT2D eigenvalue weighted by atomic mass is 16.5. The van der Waals surface area contributed by atoms with Crippen LogP contribution in [-0.4, -0.2) is 35.3 Å². The molecule has 0 N–H and O–H groups in total. The van der Waals surface area contributed by atoms with Crippen LogP contribution in [-0.2, 0) is 29.4 Å². The smallest absolute Gasteiger partial charge is 0.337 e. The van der Waals surface area contributed by atoms with E-state index in [9.17, 15) is 9.59 Å². The number of aryl methyl sites for hydroxylation is 2. The minimum absolute atomic E-state index is 0.104. The van der Waals surface area contributed by atoms with Crippen molar-refractivity contribution in [1.29, 1.82) is 0 Å². The van der Waals surface area contributed by atoms with Gasteiger partial charge in [-0.2, -0.15) is 5.10 Å². The molecule has 1 amide bonds. The van der Waals surface area contributed by atoms with Gasteiger partial charge in [-0.3, -0.25) is 9.48 Å². The Labute approximate surface area is 147 Å². The Bertz CT molecular complexity index is 839. The number of hydrogen-bond donors (Lipinski definition) is 0. The van der Waals surface area contributed by atoms with Gasteiger partial charge >= 0.3 is 5.97 Å². The molecule has 0 saturated heterocycles. The summed E-state index contributed by atoms with van der Waals surface area (Å²) in [6.45, 7) is 4.66. The number of rotatable bonds is 4. The number of fused-ring (bicyclic) bond motifs is 1. The fourth-order valence-corrected chi connectivity index (χ4v) is 3.45. The zero-order valence-corrected chi connectivity index (χ0v) is 15.1. The fourth-order valence-electron chi connectivity index (χ4n) is 3.45. The van der Waals surface area contributed by atoms with Gasteiger partial charge in [-0.15, -0.1) is 0 Å². The van der Waals surface area contributed by atoms with E-state index in [0.29, 0.717) is 24.9 Å². The van der Waals surface area contributed by atoms with Gasteiger partial charge in [-0.05, 0) is 56.0 Å². The maximum absolute atomic E-state index is 12.7. The van der Waals surface area contributed by atoms with Crippen LogP contribution in [0, 0.1) is 13.8 Å². The van der Waals surface area contributed by atoms with Crippen molar-refractivity contribution in [3.63, 3.8) is 0 Å². The van der Waals surface area contributed by atoms with E-state index in [1.54, 1.807) is 6.07 Å². The van der Waals surface area contributed by atoms with Gasteiger partial charge < -0.3 is 9.64 Å². The number of hydrogen-bond acceptors (Lipinski definition) is 4. The molecule has 2 aromatic rings. The number of methoxy groups -OCH3 is 1. The van der Waals surface area contributed by atoms with Crippen LogP contribution in [0.15, 0.2) is 18.2 Å². The first-order valence-corrected chi connectivity index (χ1v) is 8.43. The summed E-state index contributed by atoms with van der Waals surface area (Å²) in [5.41, 5.74) is 5.68. The van der Waals surface area contributed by atoms with Crippen molar-refractivity contribution in [3.8, 4) is 0 Å². The van der Waals surface area contributed by atoms with Gasteiger partial charge in [0.1, 0.15) is 0 Å². The lowest BCUT2D eigenvalue weighted by molar-refractivity contribution is -0.118. The number of anilines is 1. The van der Waals surface area contributed by atoms with Crippen molar-refractivity contribution >= 4 is 17.6 Å². The molecule has 0 aliphatic carbocycles. The minimum atomic E-state index is -0.352. The standard InChI is InChI=1S/C19H23N3O3/c1-12-16(13(2)21(3)20-12)6-8-18(23)22-10-9-14-11-15(19(24)25-4)5-7-17(14)22/h5,7,11H,6,8-10H2,1-4H3. The molecular weight excluding hydrogens is 318 g/mol. The number of carbonyl (C=O) groups is 2. The molecule has 0 unspecified atom stereocenters. The summed E-state index contributed by atoms with van der Waals surface area (Å²) in [5, 5.41) is 4.40. The van der Waals surface area contributed by atoms with Crippen LogP contribution in [0.4, 0.5) is 5.69 Å². The van der Waals surface area contributed by atoms with Crippen molar-refractivity contribution in [2.45, 2.75) is 33.1 Å². The van der Waals surface area contributed by atoms with Gasteiger partial charge in [0.25, 0.3) is 0 Å². The number of benzene rings is 1. The maximum atomic E-state index is 12.7. The second kappa shape index (κ2) is 6.70. The van der Waals surface area contributed by atoms with Crippen molar-refractivity contribution in [3.05, 3.63) is 46.3 Å². The topological polar surface area (TPSA) is 64.4 Å². The van der Waals surface area contributed by atoms with E-state index >= 15 is 0 Å². The Balaban J connectivity index is 1.72. The molecule has 132 valence electrons. The first-order chi connectivity index (χ1) is 11.9. The van der Waals surface area contributed by atoms with E-state index in [-0.39, 0.29) is 11.9 Å². The zero-order chi connectivity index (χ0) is 18.1. The van der Waals surface area contributed by atoms with E-state index in [0.717, 1.165) is 34.6 Å². The van der Waals surface area contributed by atoms with Crippen LogP contribution < -0.4 is 4.90 Å². The molecule has 3 rings (SSSR count). The molecule has 1 aliphatic heterocycles. The monoisotopic (exact) mass is 341 g/mol. The third-order valence-corrected chi connectivity index (χ3v) is 4.94. The summed E-state index contributed by atoms with van der Waals surface area (Å²) in [4.78, 5) is 26.2. The predicted molar refractivity (Wildman–Crippen MR) is 94.8 cm³/mol. The minimum Gasteiger partial charge on any atom is -0.465 e. The SMILES string of the molecule is COC(=O)c1ccc2c(c1)CCN2C(=O)CCc1c(C)nn(C)c1C. The molecule has 25 heavy (non-hydrogen) atoms. The summed E-state index contributed by atoms with van der Waals surface area (Å²) in [5.74, 6) is -0.248. The van der Waals surface area contributed by atoms with Crippen LogP contribution in [0.25, 0.3) is 0 Å². The number of amides is 1. The Morgan fingerprint density at radius 2 is 2.04 bits per heavy atom. The van der Waals surface area contributed by atoms with Crippen molar-refractivity contribution in [1.82, 2.24) is 9.78 Å². The number of nitrogens with zero attached hydrogens (tertiary/aromatic N) is 3. The number of carbonyl (C=O) groups excluding carboxylic acids is 2. The highest BCUT2D eigenvalue weighted by Gasteiger charge is 2.25. The number of ether oxygens (including phenoxy) is 1. The van der Waals surface area contributed by atoms with E-state index in [1.807, 2.05) is 42.6 Å². The highest BCUT2D eigenvalue weighted by Crippen LogP contribution is 2.30. The van der Waals surface area contributed by atoms with Crippen molar-refractivity contribution in [2.75, 3.05) is 18.6 Å². The highest BCUT2D eigenvalue weighted by molar-refractivity contribution is 5.97. The largest absolute Gasteiger partial charge is 0.465 e. The van der Waals surface area contributed by atoms with Gasteiger partial charge in [0.05, 0.1) is 18.4 Å². The Morgan fingerprint density at radius 3 is 2.68 bits per heavy atom. The van der Waals surface area contributed by atoms with Gasteiger partial charge in [-0.25, -0.2) is 4.79 Å². The van der Waals surface area contributed by atoms with Crippen LogP contribution >= 0.6 is 0 Å². The molecule has 0 radical (unpaired) electrons. The van der Waals surface area contributed by atoms with Gasteiger partial charge in [0, 0.05) is 31.4 Å². The second-order valence-electron chi connectivity index (χ2n) is 6.40. The van der Waals surface area contributed by atoms with Crippen LogP contribution in [0.1, 0.15) is 39.3 Å². The van der Waals surface area contributed by atoms with Crippen LogP contribution in [0.5, 0.6) is 0 Å². The summed E-state index contributed by atoms with van der Waals surface area (Å²) >= 11 is 0. The van der Waals surface area contributed by atoms with E-state index in [1.165, 1.54) is 7.11 Å². The lowest BCUT2D eigenvalue weighted by Crippen LogP contribution is -2.29. The normalized spacial score (nSPS) is 13.0. The summed E-state index contributed by atoms with van der Waals surface area (Å²) in [6.07, 6.45) is 1.90. The lowest BCUT2D eigenvalue weighted by atomic mass is 10.1. The van der Waals surface area contributed by atoms with Gasteiger partial charge in [0.2, 0.25) is 5.91 Å². The Hall–Kier alpha value is -2.63. The summed E-state index contributed by atoms with van der Waals surface area (Å²) < 4.78 is 6.61. The molecule has 6 heteroatoms. The summed E-state index contributed by atoms with van der Waals surface area (Å²) in [7, 11) is 3.29. The molecule has 6 nitrogen and oxygen atoms in total. The first kappa shape index (κ1) is 17.2. The van der Waals surface area contributed by atoms with E-state index in [2.05, 4.69) is 5.10 Å². The average Bonchev–Trinajstić information content (AvgIpc) is 3.13. The lowest BCUT2D eigenvalue weighted by Gasteiger charge is -2.17. The van der Waals surface area contributed by atoms with Crippen molar-refractivity contribution < 1.29 is 14.3 Å². The van der Waals surface area contributed by atoms with Gasteiger partial charge in [-0.1, -0.05) is 0 Å². The first-order valence-electron chi connectivity index (χ1n) is 8.43. The fraction of sp³-hybridized carbons (Fsp3) is 0.421. The summed E-state index contributed by atoms with van der Waals surface area (Å²) in [6, 6.07) is 5.38.